The second-order valence-corrected chi connectivity index (χ2v) is 20.0. The third kappa shape index (κ3) is 6.07. The number of ether oxygens (including phenoxy) is 1. The molecular weight excluding hydrogens is 678 g/mol. The molecule has 0 aliphatic heterocycles. The number of rotatable bonds is 10. The molecule has 5 aliphatic rings. The SMILES string of the molecule is CC(C)C1=C2[C@H]3CC[C@@H]4[C@@]5(C)CC[C@H](OC(=O)CC(C)(C)C(=O)O)C(C)(C)C5CC[C@@]4(C)[C@]3(C)CC[C@@]2([C@@H](O)CNCc2ncc(Cl)cn2)CC1=O. The lowest BCUT2D eigenvalue weighted by atomic mass is 9.33. The number of ketones is 1. The number of carboxylic acid groups (broad SMARTS) is 1. The summed E-state index contributed by atoms with van der Waals surface area (Å²) in [5.41, 5.74) is 0.279. The highest BCUT2D eigenvalue weighted by atomic mass is 35.5. The van der Waals surface area contributed by atoms with Crippen LogP contribution in [-0.4, -0.2) is 56.7 Å². The van der Waals surface area contributed by atoms with Crippen LogP contribution in [0.2, 0.25) is 5.02 Å². The maximum absolute atomic E-state index is 14.0. The molecular formula is C42H62ClN3O6. The van der Waals surface area contributed by atoms with Crippen LogP contribution in [0.25, 0.3) is 0 Å². The molecule has 288 valence electrons. The monoisotopic (exact) mass is 739 g/mol. The van der Waals surface area contributed by atoms with Gasteiger partial charge in [0.05, 0.1) is 29.5 Å². The molecule has 1 unspecified atom stereocenters. The molecule has 10 heteroatoms. The molecule has 9 nitrogen and oxygen atoms in total. The van der Waals surface area contributed by atoms with Crippen molar-refractivity contribution >= 4 is 29.3 Å². The predicted molar refractivity (Wildman–Crippen MR) is 200 cm³/mol. The zero-order valence-electron chi connectivity index (χ0n) is 32.9. The van der Waals surface area contributed by atoms with Crippen LogP contribution in [0.3, 0.4) is 0 Å². The standard InChI is InChI=1S/C42H62ClN3O6/c1-24(2)34-27(47)18-42(30(48)22-44-23-32-45-20-25(43)21-46-32)17-16-40(8)26(35(34)42)10-11-29-39(7)14-13-31(52-33(49)19-37(3,4)36(50)51)38(5,6)28(39)12-15-41(29,40)9/h20-21,24,26,28-31,44,48H,10-19,22-23H2,1-9H3,(H,50,51)/t26-,28?,29-,30+,31+,39+,40-,41-,42+/m1/s1. The first-order valence-electron chi connectivity index (χ1n) is 19.7. The van der Waals surface area contributed by atoms with Crippen LogP contribution in [-0.2, 0) is 25.7 Å². The number of carboxylic acids is 1. The quantitative estimate of drug-likeness (QED) is 0.204. The van der Waals surface area contributed by atoms with Crippen LogP contribution in [0.5, 0.6) is 0 Å². The molecule has 0 bridgehead atoms. The fraction of sp³-hybridized carbons (Fsp3) is 0.786. The van der Waals surface area contributed by atoms with E-state index < -0.39 is 28.9 Å². The third-order valence-corrected chi connectivity index (χ3v) is 16.0. The van der Waals surface area contributed by atoms with Gasteiger partial charge in [0.1, 0.15) is 11.9 Å². The first-order valence-corrected chi connectivity index (χ1v) is 20.1. The topological polar surface area (TPSA) is 139 Å². The zero-order valence-corrected chi connectivity index (χ0v) is 33.7. The van der Waals surface area contributed by atoms with Gasteiger partial charge < -0.3 is 20.3 Å². The number of aliphatic hydroxyl groups is 1. The fourth-order valence-electron chi connectivity index (χ4n) is 12.9. The van der Waals surface area contributed by atoms with Gasteiger partial charge >= 0.3 is 11.9 Å². The minimum absolute atomic E-state index is 0.0341. The van der Waals surface area contributed by atoms with Crippen molar-refractivity contribution in [3.05, 3.63) is 34.4 Å². The average molecular weight is 740 g/mol. The van der Waals surface area contributed by atoms with Crippen LogP contribution in [0.15, 0.2) is 23.5 Å². The minimum Gasteiger partial charge on any atom is -0.481 e. The van der Waals surface area contributed by atoms with Crippen molar-refractivity contribution in [1.29, 1.82) is 0 Å². The highest BCUT2D eigenvalue weighted by molar-refractivity contribution is 6.30. The highest BCUT2D eigenvalue weighted by Crippen LogP contribution is 2.77. The smallest absolute Gasteiger partial charge is 0.309 e. The number of fused-ring (bicyclic) bond motifs is 7. The summed E-state index contributed by atoms with van der Waals surface area (Å²) in [6, 6.07) is 0. The van der Waals surface area contributed by atoms with E-state index in [2.05, 4.69) is 63.8 Å². The Kier molecular flexibility index (Phi) is 10.2. The van der Waals surface area contributed by atoms with E-state index in [0.717, 1.165) is 56.9 Å². The van der Waals surface area contributed by atoms with Gasteiger partial charge in [-0.1, -0.05) is 65.6 Å². The molecule has 0 spiro atoms. The second-order valence-electron chi connectivity index (χ2n) is 19.5. The van der Waals surface area contributed by atoms with E-state index >= 15 is 0 Å². The molecule has 3 N–H and O–H groups in total. The normalized spacial score (nSPS) is 37.5. The number of esters is 1. The van der Waals surface area contributed by atoms with Gasteiger partial charge in [-0.05, 0) is 111 Å². The molecule has 6 rings (SSSR count). The summed E-state index contributed by atoms with van der Waals surface area (Å²) in [5.74, 6) is 0.541. The Hall–Kier alpha value is -2.36. The maximum Gasteiger partial charge on any atom is 0.309 e. The van der Waals surface area contributed by atoms with Crippen LogP contribution in [0, 0.1) is 56.2 Å². The third-order valence-electron chi connectivity index (χ3n) is 15.8. The number of aliphatic carboxylic acids is 1. The fourth-order valence-corrected chi connectivity index (χ4v) is 13.0. The maximum atomic E-state index is 14.0. The van der Waals surface area contributed by atoms with E-state index in [-0.39, 0.29) is 51.8 Å². The summed E-state index contributed by atoms with van der Waals surface area (Å²) >= 11 is 5.98. The van der Waals surface area contributed by atoms with Crippen molar-refractivity contribution in [1.82, 2.24) is 15.3 Å². The molecule has 0 amide bonds. The van der Waals surface area contributed by atoms with Gasteiger partial charge in [0.2, 0.25) is 0 Å². The minimum atomic E-state index is -1.17. The van der Waals surface area contributed by atoms with E-state index in [1.54, 1.807) is 26.2 Å². The molecule has 0 saturated heterocycles. The van der Waals surface area contributed by atoms with E-state index in [1.807, 2.05) is 0 Å². The predicted octanol–water partition coefficient (Wildman–Crippen LogP) is 7.97. The van der Waals surface area contributed by atoms with Gasteiger partial charge in [0.25, 0.3) is 0 Å². The van der Waals surface area contributed by atoms with Crippen LogP contribution >= 0.6 is 11.6 Å². The van der Waals surface area contributed by atoms with Crippen molar-refractivity contribution < 1.29 is 29.3 Å². The summed E-state index contributed by atoms with van der Waals surface area (Å²) < 4.78 is 6.16. The second kappa shape index (κ2) is 13.4. The summed E-state index contributed by atoms with van der Waals surface area (Å²) in [6.07, 6.45) is 10.1. The van der Waals surface area contributed by atoms with Gasteiger partial charge in [-0.25, -0.2) is 9.97 Å². The molecule has 5 aliphatic carbocycles. The summed E-state index contributed by atoms with van der Waals surface area (Å²) in [4.78, 5) is 47.4. The number of hydrogen-bond donors (Lipinski definition) is 3. The van der Waals surface area contributed by atoms with Crippen molar-refractivity contribution in [2.75, 3.05) is 6.54 Å². The van der Waals surface area contributed by atoms with Crippen LogP contribution in [0.1, 0.15) is 132 Å². The number of hydrogen-bond acceptors (Lipinski definition) is 8. The summed E-state index contributed by atoms with van der Waals surface area (Å²) in [5, 5.41) is 25.6. The van der Waals surface area contributed by atoms with Gasteiger partial charge in [0, 0.05) is 36.2 Å². The number of nitrogens with zero attached hydrogens (tertiary/aromatic N) is 2. The van der Waals surface area contributed by atoms with Crippen molar-refractivity contribution in [3.63, 3.8) is 0 Å². The molecule has 1 aromatic rings. The number of Topliss-reactive ketones (excluding diaryl/α,β-unsaturated/α-hetero) is 1. The number of aliphatic hydroxyl groups excluding tert-OH is 1. The van der Waals surface area contributed by atoms with Gasteiger partial charge in [-0.3, -0.25) is 14.4 Å². The van der Waals surface area contributed by atoms with E-state index in [9.17, 15) is 24.6 Å². The van der Waals surface area contributed by atoms with Gasteiger partial charge in [-0.15, -0.1) is 0 Å². The van der Waals surface area contributed by atoms with E-state index in [4.69, 9.17) is 16.3 Å². The summed E-state index contributed by atoms with van der Waals surface area (Å²) in [6.45, 7) is 20.3. The first-order chi connectivity index (χ1) is 24.1. The summed E-state index contributed by atoms with van der Waals surface area (Å²) in [7, 11) is 0. The molecule has 0 aromatic carbocycles. The average Bonchev–Trinajstić information content (AvgIpc) is 3.36. The van der Waals surface area contributed by atoms with Gasteiger partial charge in [-0.2, -0.15) is 0 Å². The number of carbonyl (C=O) groups is 3. The Morgan fingerprint density at radius 1 is 0.981 bits per heavy atom. The number of nitrogens with one attached hydrogen (secondary N) is 1. The molecule has 52 heavy (non-hydrogen) atoms. The number of carbonyl (C=O) groups excluding carboxylic acids is 2. The largest absolute Gasteiger partial charge is 0.481 e. The van der Waals surface area contributed by atoms with Gasteiger partial charge in [0.15, 0.2) is 5.78 Å². The molecule has 4 fully saturated rings. The zero-order chi connectivity index (χ0) is 38.2. The van der Waals surface area contributed by atoms with E-state index in [0.29, 0.717) is 42.2 Å². The Balaban J connectivity index is 1.26. The Labute approximate surface area is 315 Å². The highest BCUT2D eigenvalue weighted by Gasteiger charge is 2.70. The molecule has 1 aromatic heterocycles. The Bertz CT molecular complexity index is 1620. The number of allylic oxidation sites excluding steroid dienone is 1. The lowest BCUT2D eigenvalue weighted by Crippen LogP contribution is -2.66. The first kappa shape index (κ1) is 39.3. The Morgan fingerprint density at radius 3 is 2.29 bits per heavy atom. The lowest BCUT2D eigenvalue weighted by Gasteiger charge is -2.72. The molecule has 0 radical (unpaired) electrons. The van der Waals surface area contributed by atoms with E-state index in [1.165, 1.54) is 5.57 Å². The van der Waals surface area contributed by atoms with Crippen molar-refractivity contribution in [3.8, 4) is 0 Å². The van der Waals surface area contributed by atoms with Crippen molar-refractivity contribution in [2.45, 2.75) is 145 Å². The Morgan fingerprint density at radius 2 is 1.65 bits per heavy atom. The molecule has 9 atom stereocenters. The molecule has 1 heterocycles. The number of halogens is 1. The van der Waals surface area contributed by atoms with Crippen LogP contribution < -0.4 is 5.32 Å². The van der Waals surface area contributed by atoms with Crippen LogP contribution in [0.4, 0.5) is 0 Å². The number of aromatic nitrogens is 2. The lowest BCUT2D eigenvalue weighted by molar-refractivity contribution is -0.235. The van der Waals surface area contributed by atoms with Crippen molar-refractivity contribution in [2.24, 2.45) is 56.2 Å². The molecule has 4 saturated carbocycles.